The van der Waals surface area contributed by atoms with E-state index in [0.29, 0.717) is 18.9 Å². The molecule has 166 valence electrons. The second-order valence-corrected chi connectivity index (χ2v) is 9.06. The zero-order chi connectivity index (χ0) is 22.2. The van der Waals surface area contributed by atoms with E-state index in [0.717, 1.165) is 51.6 Å². The molecule has 1 aliphatic carbocycles. The average molecular weight is 431 g/mol. The maximum atomic E-state index is 13.5. The normalized spacial score (nSPS) is 17.6. The molecule has 2 aromatic heterocycles. The predicted octanol–water partition coefficient (Wildman–Crippen LogP) is 5.18. The Morgan fingerprint density at radius 3 is 2.81 bits per heavy atom. The Morgan fingerprint density at radius 2 is 2.06 bits per heavy atom. The first-order valence-corrected chi connectivity index (χ1v) is 11.7. The van der Waals surface area contributed by atoms with Crippen LogP contribution in [-0.2, 0) is 11.4 Å². The molecule has 0 spiro atoms. The van der Waals surface area contributed by atoms with Crippen LogP contribution >= 0.6 is 0 Å². The number of ether oxygens (including phenoxy) is 1. The van der Waals surface area contributed by atoms with Gasteiger partial charge in [0.1, 0.15) is 6.61 Å². The third-order valence-electron chi connectivity index (χ3n) is 6.60. The SMILES string of the molecule is CCC(C(=O)NC1CCCC1)=C1c2cc3cnn(C(C)C)c3cc2COc2ncccc21. The molecule has 0 atom stereocenters. The molecule has 5 rings (SSSR count). The number of nitrogens with zero attached hydrogens (tertiary/aromatic N) is 3. The quantitative estimate of drug-likeness (QED) is 0.580. The van der Waals surface area contributed by atoms with Gasteiger partial charge in [0.15, 0.2) is 0 Å². The van der Waals surface area contributed by atoms with Gasteiger partial charge in [-0.25, -0.2) is 4.98 Å². The van der Waals surface area contributed by atoms with Crippen molar-refractivity contribution in [3.8, 4) is 5.88 Å². The van der Waals surface area contributed by atoms with E-state index in [1.807, 2.05) is 29.9 Å². The van der Waals surface area contributed by atoms with Gasteiger partial charge in [-0.1, -0.05) is 19.8 Å². The molecule has 0 unspecified atom stereocenters. The van der Waals surface area contributed by atoms with E-state index in [9.17, 15) is 4.79 Å². The van der Waals surface area contributed by atoms with Gasteiger partial charge in [0.05, 0.1) is 11.7 Å². The van der Waals surface area contributed by atoms with Crippen LogP contribution < -0.4 is 10.1 Å². The highest BCUT2D eigenvalue weighted by Gasteiger charge is 2.28. The third kappa shape index (κ3) is 3.57. The molecule has 6 nitrogen and oxygen atoms in total. The predicted molar refractivity (Wildman–Crippen MR) is 125 cm³/mol. The van der Waals surface area contributed by atoms with Gasteiger partial charge < -0.3 is 10.1 Å². The number of hydrogen-bond donors (Lipinski definition) is 1. The van der Waals surface area contributed by atoms with E-state index in [-0.39, 0.29) is 18.0 Å². The van der Waals surface area contributed by atoms with Gasteiger partial charge in [0.25, 0.3) is 0 Å². The third-order valence-corrected chi connectivity index (χ3v) is 6.60. The first-order chi connectivity index (χ1) is 15.6. The van der Waals surface area contributed by atoms with Crippen LogP contribution in [0.3, 0.4) is 0 Å². The van der Waals surface area contributed by atoms with E-state index in [2.05, 4.69) is 41.4 Å². The molecular weight excluding hydrogens is 400 g/mol. The fourth-order valence-corrected chi connectivity index (χ4v) is 5.01. The molecule has 0 bridgehead atoms. The van der Waals surface area contributed by atoms with E-state index in [4.69, 9.17) is 4.74 Å². The largest absolute Gasteiger partial charge is 0.472 e. The number of rotatable bonds is 4. The minimum atomic E-state index is 0.0232. The van der Waals surface area contributed by atoms with Crippen LogP contribution in [0.2, 0.25) is 0 Å². The summed E-state index contributed by atoms with van der Waals surface area (Å²) in [6.45, 7) is 6.71. The lowest BCUT2D eigenvalue weighted by molar-refractivity contribution is -0.118. The van der Waals surface area contributed by atoms with Gasteiger partial charge in [-0.3, -0.25) is 9.48 Å². The summed E-state index contributed by atoms with van der Waals surface area (Å²) in [6, 6.07) is 8.76. The average Bonchev–Trinajstić information content (AvgIpc) is 3.41. The van der Waals surface area contributed by atoms with Crippen molar-refractivity contribution >= 4 is 22.4 Å². The molecule has 1 amide bonds. The number of hydrogen-bond acceptors (Lipinski definition) is 4. The van der Waals surface area contributed by atoms with Crippen molar-refractivity contribution in [2.75, 3.05) is 0 Å². The molecule has 0 saturated heterocycles. The molecule has 3 heterocycles. The van der Waals surface area contributed by atoms with Gasteiger partial charge in [-0.15, -0.1) is 0 Å². The number of amides is 1. The Balaban J connectivity index is 1.72. The highest BCUT2D eigenvalue weighted by Crippen LogP contribution is 2.40. The van der Waals surface area contributed by atoms with Crippen LogP contribution in [0.25, 0.3) is 16.5 Å². The number of benzene rings is 1. The fraction of sp³-hybridized carbons (Fsp3) is 0.423. The summed E-state index contributed by atoms with van der Waals surface area (Å²) < 4.78 is 8.16. The van der Waals surface area contributed by atoms with Crippen molar-refractivity contribution in [3.05, 3.63) is 58.9 Å². The van der Waals surface area contributed by atoms with Crippen LogP contribution in [0, 0.1) is 0 Å². The molecule has 1 N–H and O–H groups in total. The van der Waals surface area contributed by atoms with Crippen molar-refractivity contribution in [2.24, 2.45) is 0 Å². The molecule has 1 aromatic carbocycles. The van der Waals surface area contributed by atoms with E-state index < -0.39 is 0 Å². The van der Waals surface area contributed by atoms with Gasteiger partial charge >= 0.3 is 0 Å². The standard InChI is InChI=1S/C26H30N4O2/c1-4-20(25(31)29-19-8-5-6-9-19)24-21-10-7-11-27-26(21)32-15-18-13-23-17(12-22(18)24)14-28-30(23)16(2)3/h7,10-14,16,19H,4-6,8-9,15H2,1-3H3,(H,29,31). The Morgan fingerprint density at radius 1 is 1.25 bits per heavy atom. The summed E-state index contributed by atoms with van der Waals surface area (Å²) in [5.74, 6) is 0.600. The summed E-state index contributed by atoms with van der Waals surface area (Å²) in [5, 5.41) is 8.95. The molecule has 6 heteroatoms. The van der Waals surface area contributed by atoms with Crippen LogP contribution in [0.1, 0.15) is 75.6 Å². The Kier molecular flexibility index (Phi) is 5.45. The number of aromatic nitrogens is 3. The first kappa shape index (κ1) is 20.7. The van der Waals surface area contributed by atoms with E-state index >= 15 is 0 Å². The lowest BCUT2D eigenvalue weighted by Crippen LogP contribution is -2.34. The Hall–Kier alpha value is -3.15. The molecular formula is C26H30N4O2. The van der Waals surface area contributed by atoms with Gasteiger partial charge in [0.2, 0.25) is 11.8 Å². The Bertz CT molecular complexity index is 1200. The Labute approximate surface area is 188 Å². The smallest absolute Gasteiger partial charge is 0.248 e. The number of fused-ring (bicyclic) bond motifs is 3. The zero-order valence-electron chi connectivity index (χ0n) is 19.0. The maximum Gasteiger partial charge on any atom is 0.248 e. The fourth-order valence-electron chi connectivity index (χ4n) is 5.01. The summed E-state index contributed by atoms with van der Waals surface area (Å²) in [6.07, 6.45) is 8.77. The molecule has 1 fully saturated rings. The maximum absolute atomic E-state index is 13.5. The van der Waals surface area contributed by atoms with Crippen LogP contribution in [0.5, 0.6) is 5.88 Å². The molecule has 32 heavy (non-hydrogen) atoms. The highest BCUT2D eigenvalue weighted by molar-refractivity contribution is 6.06. The monoisotopic (exact) mass is 430 g/mol. The van der Waals surface area contributed by atoms with E-state index in [1.165, 1.54) is 12.8 Å². The van der Waals surface area contributed by atoms with Crippen molar-refractivity contribution in [1.82, 2.24) is 20.1 Å². The van der Waals surface area contributed by atoms with Gasteiger partial charge in [-0.05, 0) is 68.5 Å². The van der Waals surface area contributed by atoms with Crippen molar-refractivity contribution in [3.63, 3.8) is 0 Å². The molecule has 1 aliphatic heterocycles. The molecule has 1 saturated carbocycles. The summed E-state index contributed by atoms with van der Waals surface area (Å²) >= 11 is 0. The topological polar surface area (TPSA) is 69.0 Å². The van der Waals surface area contributed by atoms with Crippen molar-refractivity contribution in [1.29, 1.82) is 0 Å². The highest BCUT2D eigenvalue weighted by atomic mass is 16.5. The number of nitrogens with one attached hydrogen (secondary N) is 1. The molecule has 2 aliphatic rings. The van der Waals surface area contributed by atoms with E-state index in [1.54, 1.807) is 6.20 Å². The van der Waals surface area contributed by atoms with Crippen LogP contribution in [0.15, 0.2) is 42.2 Å². The lowest BCUT2D eigenvalue weighted by Gasteiger charge is -2.19. The molecule has 0 radical (unpaired) electrons. The van der Waals surface area contributed by atoms with Crippen LogP contribution in [0.4, 0.5) is 0 Å². The van der Waals surface area contributed by atoms with Crippen molar-refractivity contribution < 1.29 is 9.53 Å². The summed E-state index contributed by atoms with van der Waals surface area (Å²) in [7, 11) is 0. The summed E-state index contributed by atoms with van der Waals surface area (Å²) in [5.41, 5.74) is 5.75. The minimum absolute atomic E-state index is 0.0232. The first-order valence-electron chi connectivity index (χ1n) is 11.7. The number of carbonyl (C=O) groups excluding carboxylic acids is 1. The lowest BCUT2D eigenvalue weighted by atomic mass is 9.88. The minimum Gasteiger partial charge on any atom is -0.472 e. The number of pyridine rings is 1. The van der Waals surface area contributed by atoms with Gasteiger partial charge in [0, 0.05) is 40.4 Å². The molecule has 3 aromatic rings. The van der Waals surface area contributed by atoms with Crippen molar-refractivity contribution in [2.45, 2.75) is 71.6 Å². The summed E-state index contributed by atoms with van der Waals surface area (Å²) in [4.78, 5) is 18.0. The second kappa shape index (κ2) is 8.41. The second-order valence-electron chi connectivity index (χ2n) is 9.06. The van der Waals surface area contributed by atoms with Crippen LogP contribution in [-0.4, -0.2) is 26.7 Å². The number of carbonyl (C=O) groups is 1. The zero-order valence-corrected chi connectivity index (χ0v) is 19.0. The van der Waals surface area contributed by atoms with Gasteiger partial charge in [-0.2, -0.15) is 5.10 Å².